The third-order valence-electron chi connectivity index (χ3n) is 3.30. The van der Waals surface area contributed by atoms with Crippen molar-refractivity contribution < 1.29 is 9.47 Å². The van der Waals surface area contributed by atoms with Gasteiger partial charge in [-0.05, 0) is 13.8 Å². The molecule has 1 fully saturated rings. The topological polar surface area (TPSA) is 73.5 Å². The summed E-state index contributed by atoms with van der Waals surface area (Å²) in [6.45, 7) is 6.76. The van der Waals surface area contributed by atoms with E-state index in [0.717, 1.165) is 24.3 Å². The molecule has 1 saturated heterocycles. The molecule has 2 aliphatic heterocycles. The van der Waals surface area contributed by atoms with E-state index >= 15 is 0 Å². The van der Waals surface area contributed by atoms with Crippen LogP contribution in [0, 0.1) is 0 Å². The standard InChI is InChI=1S/C12H18N4O2/c1-7-3-16(4-8(2)18-7)12-14-10-6-17-5-9(10)11(13)15-12/h7-8H,3-6H2,1-2H3,(H2,13,14,15)/t7-,8-/m0/s1. The lowest BCUT2D eigenvalue weighted by molar-refractivity contribution is -0.00572. The van der Waals surface area contributed by atoms with Gasteiger partial charge < -0.3 is 20.1 Å². The highest BCUT2D eigenvalue weighted by Gasteiger charge is 2.26. The maximum Gasteiger partial charge on any atom is 0.227 e. The quantitative estimate of drug-likeness (QED) is 0.791. The van der Waals surface area contributed by atoms with Gasteiger partial charge in [-0.2, -0.15) is 4.98 Å². The van der Waals surface area contributed by atoms with Crippen LogP contribution in [-0.2, 0) is 22.7 Å². The van der Waals surface area contributed by atoms with Gasteiger partial charge in [-0.3, -0.25) is 0 Å². The van der Waals surface area contributed by atoms with Crippen LogP contribution < -0.4 is 10.6 Å². The summed E-state index contributed by atoms with van der Waals surface area (Å²) in [5, 5.41) is 0. The van der Waals surface area contributed by atoms with Gasteiger partial charge in [0.2, 0.25) is 5.95 Å². The van der Waals surface area contributed by atoms with Gasteiger partial charge in [-0.1, -0.05) is 0 Å². The van der Waals surface area contributed by atoms with E-state index in [4.69, 9.17) is 15.2 Å². The molecule has 0 aromatic carbocycles. The Balaban J connectivity index is 1.90. The molecule has 18 heavy (non-hydrogen) atoms. The fourth-order valence-corrected chi connectivity index (χ4v) is 2.55. The minimum atomic E-state index is 0.183. The second-order valence-corrected chi connectivity index (χ2v) is 4.99. The van der Waals surface area contributed by atoms with Gasteiger partial charge in [-0.15, -0.1) is 0 Å². The Morgan fingerprint density at radius 2 is 1.89 bits per heavy atom. The van der Waals surface area contributed by atoms with Gasteiger partial charge in [0.15, 0.2) is 0 Å². The summed E-state index contributed by atoms with van der Waals surface area (Å²) in [5.41, 5.74) is 7.82. The van der Waals surface area contributed by atoms with Crippen LogP contribution in [0.5, 0.6) is 0 Å². The zero-order valence-corrected chi connectivity index (χ0v) is 10.7. The molecule has 3 rings (SSSR count). The van der Waals surface area contributed by atoms with Crippen molar-refractivity contribution in [1.82, 2.24) is 9.97 Å². The lowest BCUT2D eigenvalue weighted by Crippen LogP contribution is -2.46. The minimum Gasteiger partial charge on any atom is -0.383 e. The Hall–Kier alpha value is -1.40. The number of morpholine rings is 1. The van der Waals surface area contributed by atoms with Gasteiger partial charge in [-0.25, -0.2) is 4.98 Å². The van der Waals surface area contributed by atoms with E-state index in [-0.39, 0.29) is 12.2 Å². The first-order valence-electron chi connectivity index (χ1n) is 6.27. The molecule has 6 nitrogen and oxygen atoms in total. The van der Waals surface area contributed by atoms with Crippen molar-refractivity contribution in [3.05, 3.63) is 11.3 Å². The van der Waals surface area contributed by atoms with Crippen molar-refractivity contribution >= 4 is 11.8 Å². The molecule has 3 heterocycles. The van der Waals surface area contributed by atoms with Crippen molar-refractivity contribution in [3.63, 3.8) is 0 Å². The summed E-state index contributed by atoms with van der Waals surface area (Å²) in [5.74, 6) is 1.23. The van der Waals surface area contributed by atoms with E-state index < -0.39 is 0 Å². The molecule has 0 unspecified atom stereocenters. The van der Waals surface area contributed by atoms with E-state index in [1.165, 1.54) is 0 Å². The van der Waals surface area contributed by atoms with E-state index in [0.29, 0.717) is 25.0 Å². The molecule has 0 aliphatic carbocycles. The molecule has 98 valence electrons. The van der Waals surface area contributed by atoms with Crippen LogP contribution in [0.2, 0.25) is 0 Å². The number of rotatable bonds is 1. The van der Waals surface area contributed by atoms with Gasteiger partial charge >= 0.3 is 0 Å². The van der Waals surface area contributed by atoms with Crippen LogP contribution >= 0.6 is 0 Å². The number of hydrogen-bond donors (Lipinski definition) is 1. The first kappa shape index (κ1) is 11.7. The Bertz CT molecular complexity index is 456. The summed E-state index contributed by atoms with van der Waals surface area (Å²) in [6, 6.07) is 0. The smallest absolute Gasteiger partial charge is 0.227 e. The number of nitrogens with zero attached hydrogens (tertiary/aromatic N) is 3. The third-order valence-corrected chi connectivity index (χ3v) is 3.30. The van der Waals surface area contributed by atoms with Gasteiger partial charge in [0.25, 0.3) is 0 Å². The Labute approximate surface area is 106 Å². The fraction of sp³-hybridized carbons (Fsp3) is 0.667. The van der Waals surface area contributed by atoms with Crippen LogP contribution in [-0.4, -0.2) is 35.3 Å². The van der Waals surface area contributed by atoms with Crippen LogP contribution in [0.15, 0.2) is 0 Å². The number of fused-ring (bicyclic) bond motifs is 1. The summed E-state index contributed by atoms with van der Waals surface area (Å²) >= 11 is 0. The van der Waals surface area contributed by atoms with Crippen LogP contribution in [0.1, 0.15) is 25.1 Å². The normalized spacial score (nSPS) is 27.3. The second-order valence-electron chi connectivity index (χ2n) is 4.99. The fourth-order valence-electron chi connectivity index (χ4n) is 2.55. The molecule has 2 atom stereocenters. The highest BCUT2D eigenvalue weighted by molar-refractivity contribution is 5.49. The average molecular weight is 250 g/mol. The van der Waals surface area contributed by atoms with E-state index in [1.807, 2.05) is 0 Å². The summed E-state index contributed by atoms with van der Waals surface area (Å²) in [6.07, 6.45) is 0.367. The van der Waals surface area contributed by atoms with Crippen molar-refractivity contribution in [2.24, 2.45) is 0 Å². The second kappa shape index (κ2) is 4.37. The maximum absolute atomic E-state index is 5.96. The van der Waals surface area contributed by atoms with Gasteiger partial charge in [0.1, 0.15) is 5.82 Å². The molecule has 2 aliphatic rings. The predicted molar refractivity (Wildman–Crippen MR) is 67.2 cm³/mol. The van der Waals surface area contributed by atoms with E-state index in [2.05, 4.69) is 28.7 Å². The summed E-state index contributed by atoms with van der Waals surface area (Å²) < 4.78 is 11.1. The molecule has 0 spiro atoms. The first-order chi connectivity index (χ1) is 8.63. The van der Waals surface area contributed by atoms with Gasteiger partial charge in [0, 0.05) is 18.7 Å². The third kappa shape index (κ3) is 2.02. The van der Waals surface area contributed by atoms with Crippen molar-refractivity contribution in [2.75, 3.05) is 23.7 Å². The zero-order chi connectivity index (χ0) is 12.7. The summed E-state index contributed by atoms with van der Waals surface area (Å²) in [4.78, 5) is 11.1. The molecule has 0 saturated carbocycles. The van der Waals surface area contributed by atoms with Crippen LogP contribution in [0.4, 0.5) is 11.8 Å². The SMILES string of the molecule is C[C@H]1CN(c2nc(N)c3c(n2)COC3)C[C@H](C)O1. The van der Waals surface area contributed by atoms with Crippen molar-refractivity contribution in [3.8, 4) is 0 Å². The summed E-state index contributed by atoms with van der Waals surface area (Å²) in [7, 11) is 0. The zero-order valence-electron chi connectivity index (χ0n) is 10.7. The molecular weight excluding hydrogens is 232 g/mol. The van der Waals surface area contributed by atoms with E-state index in [1.54, 1.807) is 0 Å². The maximum atomic E-state index is 5.96. The highest BCUT2D eigenvalue weighted by Crippen LogP contribution is 2.26. The number of nitrogens with two attached hydrogens (primary N) is 1. The lowest BCUT2D eigenvalue weighted by atomic mass is 10.2. The van der Waals surface area contributed by atoms with Gasteiger partial charge in [0.05, 0.1) is 31.1 Å². The number of aromatic nitrogens is 2. The minimum absolute atomic E-state index is 0.183. The van der Waals surface area contributed by atoms with Crippen molar-refractivity contribution in [1.29, 1.82) is 0 Å². The number of ether oxygens (including phenoxy) is 2. The van der Waals surface area contributed by atoms with Crippen molar-refractivity contribution in [2.45, 2.75) is 39.3 Å². The Kier molecular flexibility index (Phi) is 2.83. The number of nitrogen functional groups attached to an aromatic ring is 1. The molecule has 2 N–H and O–H groups in total. The first-order valence-corrected chi connectivity index (χ1v) is 6.27. The molecule has 0 bridgehead atoms. The van der Waals surface area contributed by atoms with Crippen LogP contribution in [0.25, 0.3) is 0 Å². The molecule has 1 aromatic rings. The highest BCUT2D eigenvalue weighted by atomic mass is 16.5. The molecule has 6 heteroatoms. The molecule has 1 aromatic heterocycles. The monoisotopic (exact) mass is 250 g/mol. The largest absolute Gasteiger partial charge is 0.383 e. The number of hydrogen-bond acceptors (Lipinski definition) is 6. The molecule has 0 radical (unpaired) electrons. The molecule has 0 amide bonds. The Morgan fingerprint density at radius 1 is 1.17 bits per heavy atom. The van der Waals surface area contributed by atoms with Crippen LogP contribution in [0.3, 0.4) is 0 Å². The van der Waals surface area contributed by atoms with E-state index in [9.17, 15) is 0 Å². The lowest BCUT2D eigenvalue weighted by Gasteiger charge is -2.35. The Morgan fingerprint density at radius 3 is 2.61 bits per heavy atom. The predicted octanol–water partition coefficient (Wildman–Crippen LogP) is 0.703. The number of anilines is 2. The average Bonchev–Trinajstić information content (AvgIpc) is 2.76. The molecular formula is C12H18N4O2.